The molecule has 0 bridgehead atoms. The number of rotatable bonds is 6. The van der Waals surface area contributed by atoms with Gasteiger partial charge in [-0.25, -0.2) is 0 Å². The van der Waals surface area contributed by atoms with Crippen LogP contribution in [0, 0.1) is 11.8 Å². The number of carbonyl (C=O) groups excluding carboxylic acids is 1. The third-order valence-electron chi connectivity index (χ3n) is 4.85. The van der Waals surface area contributed by atoms with Gasteiger partial charge in [0.15, 0.2) is 0 Å². The number of methoxy groups -OCH3 is 1. The van der Waals surface area contributed by atoms with E-state index in [1.165, 1.54) is 5.69 Å². The molecule has 1 heterocycles. The van der Waals surface area contributed by atoms with Crippen LogP contribution >= 0.6 is 0 Å². The highest BCUT2D eigenvalue weighted by Gasteiger charge is 2.23. The summed E-state index contributed by atoms with van der Waals surface area (Å²) in [4.78, 5) is 14.4. The van der Waals surface area contributed by atoms with Crippen molar-refractivity contribution in [3.63, 3.8) is 0 Å². The zero-order valence-electron chi connectivity index (χ0n) is 13.8. The van der Waals surface area contributed by atoms with Crippen LogP contribution in [-0.2, 0) is 4.79 Å². The maximum Gasteiger partial charge on any atom is 0.220 e. The number of nitrogens with zero attached hydrogens (tertiary/aromatic N) is 1. The van der Waals surface area contributed by atoms with E-state index < -0.39 is 0 Å². The summed E-state index contributed by atoms with van der Waals surface area (Å²) in [6.07, 6.45) is 8.38. The third kappa shape index (κ3) is 4.27. The molecule has 1 amide bonds. The van der Waals surface area contributed by atoms with Crippen molar-refractivity contribution in [2.75, 3.05) is 31.6 Å². The minimum absolute atomic E-state index is 0.196. The van der Waals surface area contributed by atoms with Crippen LogP contribution in [0.2, 0.25) is 0 Å². The Morgan fingerprint density at radius 3 is 3.09 bits per heavy atom. The molecule has 1 aromatic carbocycles. The van der Waals surface area contributed by atoms with Crippen LogP contribution in [0.1, 0.15) is 25.7 Å². The molecule has 4 heteroatoms. The van der Waals surface area contributed by atoms with E-state index in [0.717, 1.165) is 44.6 Å². The predicted molar refractivity (Wildman–Crippen MR) is 92.8 cm³/mol. The molecule has 2 atom stereocenters. The van der Waals surface area contributed by atoms with E-state index in [-0.39, 0.29) is 5.91 Å². The summed E-state index contributed by atoms with van der Waals surface area (Å²) in [6.45, 7) is 2.82. The van der Waals surface area contributed by atoms with Crippen LogP contribution in [-0.4, -0.2) is 32.7 Å². The van der Waals surface area contributed by atoms with Crippen LogP contribution in [0.25, 0.3) is 0 Å². The van der Waals surface area contributed by atoms with Crippen LogP contribution in [0.4, 0.5) is 5.69 Å². The van der Waals surface area contributed by atoms with Gasteiger partial charge in [-0.15, -0.1) is 0 Å². The van der Waals surface area contributed by atoms with Gasteiger partial charge in [0.05, 0.1) is 7.11 Å². The Bertz CT molecular complexity index is 570. The molecule has 2 aliphatic rings. The molecular formula is C19H26N2O2. The summed E-state index contributed by atoms with van der Waals surface area (Å²) in [7, 11) is 1.70. The summed E-state index contributed by atoms with van der Waals surface area (Å²) in [5.74, 6) is 2.07. The van der Waals surface area contributed by atoms with Crippen LogP contribution in [0.15, 0.2) is 36.4 Å². The molecule has 23 heavy (non-hydrogen) atoms. The summed E-state index contributed by atoms with van der Waals surface area (Å²) >= 11 is 0. The molecule has 0 radical (unpaired) electrons. The van der Waals surface area contributed by atoms with Gasteiger partial charge in [0.2, 0.25) is 5.91 Å². The lowest BCUT2D eigenvalue weighted by Gasteiger charge is -2.19. The van der Waals surface area contributed by atoms with Crippen LogP contribution < -0.4 is 15.0 Å². The van der Waals surface area contributed by atoms with E-state index >= 15 is 0 Å². The van der Waals surface area contributed by atoms with Crippen molar-refractivity contribution in [1.29, 1.82) is 0 Å². The number of hydrogen-bond donors (Lipinski definition) is 1. The second kappa shape index (κ2) is 7.53. The van der Waals surface area contributed by atoms with E-state index in [4.69, 9.17) is 4.74 Å². The Kier molecular flexibility index (Phi) is 5.21. The molecule has 1 N–H and O–H groups in total. The van der Waals surface area contributed by atoms with Crippen molar-refractivity contribution in [1.82, 2.24) is 5.32 Å². The minimum Gasteiger partial charge on any atom is -0.497 e. The van der Waals surface area contributed by atoms with Gasteiger partial charge in [0, 0.05) is 37.8 Å². The summed E-state index contributed by atoms with van der Waals surface area (Å²) in [5.41, 5.74) is 1.20. The highest BCUT2D eigenvalue weighted by atomic mass is 16.5. The average Bonchev–Trinajstić information content (AvgIpc) is 3.24. The number of amides is 1. The standard InChI is InChI=1S/C19H26N2O2/c1-23-18-8-4-7-17(12-18)21-10-9-16(14-21)13-20-19(22)11-15-5-2-3-6-15/h2,4-5,7-8,12,15-16H,3,6,9-11,13-14H2,1H3,(H,20,22)/t15-,16+/m1/s1. The highest BCUT2D eigenvalue weighted by molar-refractivity contribution is 5.76. The molecule has 0 unspecified atom stereocenters. The molecule has 3 rings (SSSR count). The summed E-state index contributed by atoms with van der Waals surface area (Å²) in [6, 6.07) is 8.19. The number of carbonyl (C=O) groups is 1. The molecule has 0 saturated carbocycles. The first kappa shape index (κ1) is 15.9. The van der Waals surface area contributed by atoms with E-state index in [1.807, 2.05) is 12.1 Å². The van der Waals surface area contributed by atoms with Gasteiger partial charge in [0.25, 0.3) is 0 Å². The lowest BCUT2D eigenvalue weighted by atomic mass is 10.0. The molecule has 0 aromatic heterocycles. The molecule has 1 aliphatic heterocycles. The van der Waals surface area contributed by atoms with Gasteiger partial charge in [-0.3, -0.25) is 4.79 Å². The molecule has 0 spiro atoms. The number of nitrogens with one attached hydrogen (secondary N) is 1. The number of benzene rings is 1. The Labute approximate surface area is 138 Å². The maximum atomic E-state index is 12.0. The Morgan fingerprint density at radius 1 is 1.39 bits per heavy atom. The fourth-order valence-electron chi connectivity index (χ4n) is 3.47. The van der Waals surface area contributed by atoms with Gasteiger partial charge in [-0.1, -0.05) is 18.2 Å². The topological polar surface area (TPSA) is 41.6 Å². The second-order valence-electron chi connectivity index (χ2n) is 6.58. The van der Waals surface area contributed by atoms with E-state index in [2.05, 4.69) is 34.5 Å². The number of ether oxygens (including phenoxy) is 1. The molecular weight excluding hydrogens is 288 g/mol. The molecule has 1 aliphatic carbocycles. The monoisotopic (exact) mass is 314 g/mol. The SMILES string of the molecule is COc1cccc(N2CC[C@@H](CNC(=O)C[C@@H]3C=CCC3)C2)c1. The average molecular weight is 314 g/mol. The van der Waals surface area contributed by atoms with Gasteiger partial charge in [-0.05, 0) is 43.2 Å². The molecule has 1 saturated heterocycles. The smallest absolute Gasteiger partial charge is 0.220 e. The first-order chi connectivity index (χ1) is 11.2. The lowest BCUT2D eigenvalue weighted by molar-refractivity contribution is -0.121. The summed E-state index contributed by atoms with van der Waals surface area (Å²) in [5, 5.41) is 3.12. The van der Waals surface area contributed by atoms with Crippen molar-refractivity contribution < 1.29 is 9.53 Å². The fourth-order valence-corrected chi connectivity index (χ4v) is 3.47. The van der Waals surface area contributed by atoms with Crippen molar-refractivity contribution in [3.05, 3.63) is 36.4 Å². The zero-order chi connectivity index (χ0) is 16.1. The van der Waals surface area contributed by atoms with Crippen LogP contribution in [0.3, 0.4) is 0 Å². The van der Waals surface area contributed by atoms with Gasteiger partial charge in [0.1, 0.15) is 5.75 Å². The minimum atomic E-state index is 0.196. The Hall–Kier alpha value is -1.97. The first-order valence-electron chi connectivity index (χ1n) is 8.57. The van der Waals surface area contributed by atoms with E-state index in [1.54, 1.807) is 7.11 Å². The van der Waals surface area contributed by atoms with Crippen LogP contribution in [0.5, 0.6) is 5.75 Å². The quantitative estimate of drug-likeness (QED) is 0.821. The normalized spacial score (nSPS) is 23.3. The van der Waals surface area contributed by atoms with Crippen molar-refractivity contribution >= 4 is 11.6 Å². The Morgan fingerprint density at radius 2 is 2.30 bits per heavy atom. The van der Waals surface area contributed by atoms with Gasteiger partial charge >= 0.3 is 0 Å². The van der Waals surface area contributed by atoms with E-state index in [0.29, 0.717) is 18.3 Å². The highest BCUT2D eigenvalue weighted by Crippen LogP contribution is 2.26. The first-order valence-corrected chi connectivity index (χ1v) is 8.57. The third-order valence-corrected chi connectivity index (χ3v) is 4.85. The van der Waals surface area contributed by atoms with E-state index in [9.17, 15) is 4.79 Å². The molecule has 1 fully saturated rings. The fraction of sp³-hybridized carbons (Fsp3) is 0.526. The molecule has 1 aromatic rings. The van der Waals surface area contributed by atoms with Crippen molar-refractivity contribution in [2.45, 2.75) is 25.7 Å². The molecule has 124 valence electrons. The van der Waals surface area contributed by atoms with Gasteiger partial charge in [-0.2, -0.15) is 0 Å². The summed E-state index contributed by atoms with van der Waals surface area (Å²) < 4.78 is 5.29. The van der Waals surface area contributed by atoms with Gasteiger partial charge < -0.3 is 15.0 Å². The predicted octanol–water partition coefficient (Wildman–Crippen LogP) is 2.99. The second-order valence-corrected chi connectivity index (χ2v) is 6.58. The maximum absolute atomic E-state index is 12.0. The van der Waals surface area contributed by atoms with Crippen molar-refractivity contribution in [2.24, 2.45) is 11.8 Å². The number of anilines is 1. The number of allylic oxidation sites excluding steroid dienone is 2. The lowest BCUT2D eigenvalue weighted by Crippen LogP contribution is -2.31. The molecule has 4 nitrogen and oxygen atoms in total. The van der Waals surface area contributed by atoms with Crippen molar-refractivity contribution in [3.8, 4) is 5.75 Å². The Balaban J connectivity index is 1.44. The number of hydrogen-bond acceptors (Lipinski definition) is 3. The zero-order valence-corrected chi connectivity index (χ0v) is 13.8. The largest absolute Gasteiger partial charge is 0.497 e.